The molecule has 0 aromatic heterocycles. The van der Waals surface area contributed by atoms with Gasteiger partial charge < -0.3 is 10.8 Å². The third kappa shape index (κ3) is 3.54. The summed E-state index contributed by atoms with van der Waals surface area (Å²) >= 11 is 0. The molecule has 1 aromatic carbocycles. The van der Waals surface area contributed by atoms with E-state index in [1.807, 2.05) is 0 Å². The zero-order chi connectivity index (χ0) is 15.3. The number of aliphatic carboxylic acids is 1. The highest BCUT2D eigenvalue weighted by Gasteiger charge is 2.34. The molecule has 5 nitrogen and oxygen atoms in total. The monoisotopic (exact) mass is 282 g/mol. The van der Waals surface area contributed by atoms with Gasteiger partial charge in [0.25, 0.3) is 0 Å². The van der Waals surface area contributed by atoms with Crippen molar-refractivity contribution in [1.29, 1.82) is 0 Å². The number of carbonyl (C=O) groups excluding carboxylic acids is 1. The third-order valence-corrected chi connectivity index (χ3v) is 3.02. The van der Waals surface area contributed by atoms with Crippen molar-refractivity contribution in [3.05, 3.63) is 30.3 Å². The van der Waals surface area contributed by atoms with Crippen LogP contribution in [-0.2, 0) is 9.59 Å². The van der Waals surface area contributed by atoms with E-state index in [9.17, 15) is 14.0 Å². The summed E-state index contributed by atoms with van der Waals surface area (Å²) < 4.78 is 13.1. The van der Waals surface area contributed by atoms with Crippen LogP contribution >= 0.6 is 0 Å². The van der Waals surface area contributed by atoms with Crippen LogP contribution in [-0.4, -0.2) is 35.7 Å². The average Bonchev–Trinajstić information content (AvgIpc) is 2.43. The van der Waals surface area contributed by atoms with Crippen LogP contribution < -0.4 is 10.6 Å². The van der Waals surface area contributed by atoms with E-state index in [0.717, 1.165) is 4.90 Å². The number of nitrogens with zero attached hydrogens (tertiary/aromatic N) is 1. The van der Waals surface area contributed by atoms with Gasteiger partial charge in [0.15, 0.2) is 6.04 Å². The van der Waals surface area contributed by atoms with Gasteiger partial charge in [-0.3, -0.25) is 9.69 Å². The Morgan fingerprint density at radius 3 is 2.25 bits per heavy atom. The SMILES string of the molecule is CC(C)C(N)C(=O)N(c1ccccc1)C(CF)C(=O)O. The maximum absolute atomic E-state index is 13.1. The maximum Gasteiger partial charge on any atom is 0.329 e. The van der Waals surface area contributed by atoms with Crippen molar-refractivity contribution in [2.24, 2.45) is 11.7 Å². The Bertz CT molecular complexity index is 465. The van der Waals surface area contributed by atoms with Crippen molar-refractivity contribution >= 4 is 17.6 Å². The van der Waals surface area contributed by atoms with E-state index in [-0.39, 0.29) is 5.92 Å². The van der Waals surface area contributed by atoms with Crippen LogP contribution in [0.2, 0.25) is 0 Å². The fraction of sp³-hybridized carbons (Fsp3) is 0.429. The summed E-state index contributed by atoms with van der Waals surface area (Å²) in [6.45, 7) is 2.31. The number of hydrogen-bond donors (Lipinski definition) is 2. The lowest BCUT2D eigenvalue weighted by Crippen LogP contribution is -2.54. The minimum atomic E-state index is -1.57. The molecule has 0 aliphatic rings. The number of carboxylic acid groups (broad SMARTS) is 1. The average molecular weight is 282 g/mol. The van der Waals surface area contributed by atoms with Gasteiger partial charge in [-0.15, -0.1) is 0 Å². The highest BCUT2D eigenvalue weighted by molar-refractivity contribution is 6.02. The first kappa shape index (κ1) is 16.1. The molecule has 0 bridgehead atoms. The van der Waals surface area contributed by atoms with Gasteiger partial charge >= 0.3 is 5.97 Å². The summed E-state index contributed by atoms with van der Waals surface area (Å²) in [5.41, 5.74) is 6.10. The van der Waals surface area contributed by atoms with Gasteiger partial charge in [0, 0.05) is 5.69 Å². The summed E-state index contributed by atoms with van der Waals surface area (Å²) in [5.74, 6) is -2.18. The lowest BCUT2D eigenvalue weighted by atomic mass is 10.0. The summed E-state index contributed by atoms with van der Waals surface area (Å²) in [7, 11) is 0. The van der Waals surface area contributed by atoms with Crippen molar-refractivity contribution < 1.29 is 19.1 Å². The number of hydrogen-bond acceptors (Lipinski definition) is 3. The number of halogens is 1. The predicted molar refractivity (Wildman–Crippen MR) is 74.1 cm³/mol. The number of alkyl halides is 1. The van der Waals surface area contributed by atoms with Gasteiger partial charge in [-0.05, 0) is 18.1 Å². The van der Waals surface area contributed by atoms with E-state index in [4.69, 9.17) is 10.8 Å². The van der Waals surface area contributed by atoms with E-state index < -0.39 is 30.6 Å². The Balaban J connectivity index is 3.21. The Kier molecular flexibility index (Phi) is 5.64. The van der Waals surface area contributed by atoms with Gasteiger partial charge in [-0.25, -0.2) is 9.18 Å². The molecule has 110 valence electrons. The summed E-state index contributed by atoms with van der Waals surface area (Å²) in [6.07, 6.45) is 0. The molecule has 0 fully saturated rings. The fourth-order valence-electron chi connectivity index (χ4n) is 1.74. The zero-order valence-electron chi connectivity index (χ0n) is 11.5. The van der Waals surface area contributed by atoms with Crippen molar-refractivity contribution in [2.75, 3.05) is 11.6 Å². The number of carbonyl (C=O) groups is 2. The quantitative estimate of drug-likeness (QED) is 0.826. The van der Waals surface area contributed by atoms with Crippen LogP contribution in [0.4, 0.5) is 10.1 Å². The lowest BCUT2D eigenvalue weighted by molar-refractivity contribution is -0.140. The van der Waals surface area contributed by atoms with E-state index in [2.05, 4.69) is 0 Å². The van der Waals surface area contributed by atoms with Gasteiger partial charge in [-0.1, -0.05) is 32.0 Å². The van der Waals surface area contributed by atoms with Crippen molar-refractivity contribution in [2.45, 2.75) is 25.9 Å². The fourth-order valence-corrected chi connectivity index (χ4v) is 1.74. The van der Waals surface area contributed by atoms with E-state index in [1.165, 1.54) is 0 Å². The Hall–Kier alpha value is -1.95. The molecular weight excluding hydrogens is 263 g/mol. The van der Waals surface area contributed by atoms with Gasteiger partial charge in [0.05, 0.1) is 6.04 Å². The maximum atomic E-state index is 13.1. The predicted octanol–water partition coefficient (Wildman–Crippen LogP) is 1.43. The Labute approximate surface area is 117 Å². The normalized spacial score (nSPS) is 13.8. The highest BCUT2D eigenvalue weighted by atomic mass is 19.1. The van der Waals surface area contributed by atoms with Crippen LogP contribution in [0, 0.1) is 5.92 Å². The lowest BCUT2D eigenvalue weighted by Gasteiger charge is -2.30. The van der Waals surface area contributed by atoms with E-state index in [0.29, 0.717) is 5.69 Å². The largest absolute Gasteiger partial charge is 0.480 e. The first-order chi connectivity index (χ1) is 9.40. The second-order valence-corrected chi connectivity index (χ2v) is 4.82. The summed E-state index contributed by atoms with van der Waals surface area (Å²) in [4.78, 5) is 24.5. The molecule has 0 heterocycles. The van der Waals surface area contributed by atoms with Gasteiger partial charge in [0.1, 0.15) is 6.67 Å². The topological polar surface area (TPSA) is 83.6 Å². The van der Waals surface area contributed by atoms with Gasteiger partial charge in [0.2, 0.25) is 5.91 Å². The van der Waals surface area contributed by atoms with Crippen LogP contribution in [0.5, 0.6) is 0 Å². The van der Waals surface area contributed by atoms with Crippen molar-refractivity contribution in [3.63, 3.8) is 0 Å². The van der Waals surface area contributed by atoms with Crippen LogP contribution in [0.3, 0.4) is 0 Å². The molecule has 0 aliphatic heterocycles. The number of nitrogens with two attached hydrogens (primary N) is 1. The highest BCUT2D eigenvalue weighted by Crippen LogP contribution is 2.20. The van der Waals surface area contributed by atoms with E-state index in [1.54, 1.807) is 44.2 Å². The molecule has 1 rings (SSSR count). The van der Waals surface area contributed by atoms with Crippen LogP contribution in [0.15, 0.2) is 30.3 Å². The second-order valence-electron chi connectivity index (χ2n) is 4.82. The molecule has 0 aliphatic carbocycles. The minimum absolute atomic E-state index is 0.178. The first-order valence-electron chi connectivity index (χ1n) is 6.32. The summed E-state index contributed by atoms with van der Waals surface area (Å²) in [5, 5.41) is 9.10. The van der Waals surface area contributed by atoms with E-state index >= 15 is 0 Å². The molecule has 2 atom stereocenters. The standard InChI is InChI=1S/C14H19FN2O3/c1-9(2)12(16)13(18)17(11(8-15)14(19)20)10-6-4-3-5-7-10/h3-7,9,11-12H,8,16H2,1-2H3,(H,19,20). The molecule has 0 spiro atoms. The van der Waals surface area contributed by atoms with Crippen LogP contribution in [0.1, 0.15) is 13.8 Å². The first-order valence-corrected chi connectivity index (χ1v) is 6.32. The Morgan fingerprint density at radius 1 is 1.30 bits per heavy atom. The number of carboxylic acids is 1. The molecule has 0 saturated carbocycles. The smallest absolute Gasteiger partial charge is 0.329 e. The number of rotatable bonds is 6. The molecule has 3 N–H and O–H groups in total. The van der Waals surface area contributed by atoms with Crippen molar-refractivity contribution in [1.82, 2.24) is 0 Å². The van der Waals surface area contributed by atoms with Crippen LogP contribution in [0.25, 0.3) is 0 Å². The molecule has 6 heteroatoms. The molecule has 1 aromatic rings. The molecular formula is C14H19FN2O3. The van der Waals surface area contributed by atoms with Gasteiger partial charge in [-0.2, -0.15) is 0 Å². The second kappa shape index (κ2) is 7.00. The molecule has 20 heavy (non-hydrogen) atoms. The molecule has 1 amide bonds. The zero-order valence-corrected chi connectivity index (χ0v) is 11.5. The number of amides is 1. The minimum Gasteiger partial charge on any atom is -0.480 e. The number of anilines is 1. The molecule has 0 saturated heterocycles. The number of para-hydroxylation sites is 1. The Morgan fingerprint density at radius 2 is 1.85 bits per heavy atom. The van der Waals surface area contributed by atoms with Crippen molar-refractivity contribution in [3.8, 4) is 0 Å². The molecule has 2 unspecified atom stereocenters. The third-order valence-electron chi connectivity index (χ3n) is 3.02. The number of benzene rings is 1. The molecule has 0 radical (unpaired) electrons. The summed E-state index contributed by atoms with van der Waals surface area (Å²) in [6, 6.07) is 5.66.